The van der Waals surface area contributed by atoms with E-state index in [1.807, 2.05) is 10.6 Å². The van der Waals surface area contributed by atoms with Crippen molar-refractivity contribution in [3.8, 4) is 5.75 Å². The predicted octanol–water partition coefficient (Wildman–Crippen LogP) is 3.46. The predicted molar refractivity (Wildman–Crippen MR) is 106 cm³/mol. The van der Waals surface area contributed by atoms with Crippen molar-refractivity contribution < 1.29 is 13.9 Å². The van der Waals surface area contributed by atoms with Gasteiger partial charge in [-0.1, -0.05) is 23.2 Å². The monoisotopic (exact) mass is 435 g/mol. The molecule has 3 fully saturated rings. The van der Waals surface area contributed by atoms with E-state index in [-0.39, 0.29) is 34.4 Å². The van der Waals surface area contributed by atoms with E-state index in [0.29, 0.717) is 11.1 Å². The van der Waals surface area contributed by atoms with Crippen LogP contribution in [-0.2, 0) is 4.79 Å². The van der Waals surface area contributed by atoms with Gasteiger partial charge < -0.3 is 15.4 Å². The molecule has 29 heavy (non-hydrogen) atoms. The van der Waals surface area contributed by atoms with Crippen LogP contribution in [-0.4, -0.2) is 38.0 Å². The minimum atomic E-state index is -0.585. The normalized spacial score (nSPS) is 24.5. The molecule has 2 heterocycles. The molecule has 0 aliphatic heterocycles. The maximum absolute atomic E-state index is 13.4. The first-order chi connectivity index (χ1) is 13.9. The van der Waals surface area contributed by atoms with Crippen LogP contribution < -0.4 is 15.4 Å². The van der Waals surface area contributed by atoms with Crippen LogP contribution in [0.2, 0.25) is 10.2 Å². The van der Waals surface area contributed by atoms with Gasteiger partial charge in [-0.15, -0.1) is 0 Å². The van der Waals surface area contributed by atoms with Gasteiger partial charge >= 0.3 is 0 Å². The Morgan fingerprint density at radius 3 is 2.79 bits per heavy atom. The third kappa shape index (κ3) is 3.26. The molecule has 7 nitrogen and oxygen atoms in total. The number of ether oxygens (including phenoxy) is 1. The van der Waals surface area contributed by atoms with Gasteiger partial charge in [0.1, 0.15) is 22.4 Å². The molecular weight excluding hydrogens is 420 g/mol. The van der Waals surface area contributed by atoms with Crippen LogP contribution in [0.3, 0.4) is 0 Å². The number of rotatable bonds is 6. The number of fused-ring (bicyclic) bond motifs is 1. The molecule has 2 aromatic heterocycles. The number of nitrogens with one attached hydrogen (secondary N) is 2. The van der Waals surface area contributed by atoms with E-state index in [2.05, 4.69) is 20.6 Å². The fourth-order valence-corrected chi connectivity index (χ4v) is 4.62. The number of hydrogen-bond acceptors (Lipinski definition) is 5. The molecule has 1 aromatic carbocycles. The number of amides is 1. The van der Waals surface area contributed by atoms with E-state index in [1.165, 1.54) is 12.1 Å². The summed E-state index contributed by atoms with van der Waals surface area (Å²) in [5.41, 5.74) is 0.381. The van der Waals surface area contributed by atoms with Gasteiger partial charge in [-0.05, 0) is 31.4 Å². The molecular formula is C19H16Cl2FN5O2. The molecule has 2 N–H and O–H groups in total. The molecule has 0 atom stereocenters. The van der Waals surface area contributed by atoms with Gasteiger partial charge in [0.25, 0.3) is 5.91 Å². The van der Waals surface area contributed by atoms with E-state index in [1.54, 1.807) is 12.3 Å². The number of nitrogens with zero attached hydrogens (tertiary/aromatic N) is 3. The highest BCUT2D eigenvalue weighted by Crippen LogP contribution is 2.61. The lowest BCUT2D eigenvalue weighted by Gasteiger charge is -2.70. The number of aromatic nitrogens is 3. The average Bonchev–Trinajstić information content (AvgIpc) is 3.08. The van der Waals surface area contributed by atoms with Crippen LogP contribution in [0.4, 0.5) is 10.3 Å². The Balaban J connectivity index is 1.16. The Kier molecular flexibility index (Phi) is 4.11. The summed E-state index contributed by atoms with van der Waals surface area (Å²) >= 11 is 11.7. The molecule has 0 spiro atoms. The first kappa shape index (κ1) is 18.4. The molecule has 2 bridgehead atoms. The van der Waals surface area contributed by atoms with Crippen LogP contribution in [0.15, 0.2) is 36.7 Å². The Hall–Kier alpha value is -2.58. The standard InChI is InChI=1S/C19H16Cl2FN5O2/c20-12-2-1-11(5-13(12)22)29-7-16(28)25-18-8-19(9-18,10-18)26-17-24-14(21)6-15-23-3-4-27(15)17/h1-6H,7-10H2,(H,24,26)(H,25,28). The first-order valence-electron chi connectivity index (χ1n) is 9.02. The Bertz CT molecular complexity index is 1120. The number of halogens is 3. The molecule has 1 amide bonds. The van der Waals surface area contributed by atoms with Crippen molar-refractivity contribution in [3.05, 3.63) is 52.7 Å². The summed E-state index contributed by atoms with van der Waals surface area (Å²) in [6.07, 6.45) is 5.86. The summed E-state index contributed by atoms with van der Waals surface area (Å²) in [5.74, 6) is 0.0667. The van der Waals surface area contributed by atoms with Gasteiger partial charge in [-0.2, -0.15) is 0 Å². The highest BCUT2D eigenvalue weighted by atomic mass is 35.5. The van der Waals surface area contributed by atoms with Crippen molar-refractivity contribution in [1.82, 2.24) is 19.7 Å². The molecule has 3 saturated carbocycles. The SMILES string of the molecule is O=C(COc1ccc(Cl)c(F)c1)NC12CC(Nc3nc(Cl)cc4nccn34)(C1)C2. The Morgan fingerprint density at radius 2 is 2.03 bits per heavy atom. The molecule has 0 unspecified atom stereocenters. The van der Waals surface area contributed by atoms with Gasteiger partial charge in [0.2, 0.25) is 5.95 Å². The summed E-state index contributed by atoms with van der Waals surface area (Å²) < 4.78 is 20.6. The van der Waals surface area contributed by atoms with Gasteiger partial charge in [0, 0.05) is 35.6 Å². The second kappa shape index (κ2) is 6.47. The van der Waals surface area contributed by atoms with Gasteiger partial charge in [0.15, 0.2) is 6.61 Å². The zero-order valence-electron chi connectivity index (χ0n) is 15.1. The summed E-state index contributed by atoms with van der Waals surface area (Å²) in [7, 11) is 0. The molecule has 3 aliphatic carbocycles. The van der Waals surface area contributed by atoms with Crippen molar-refractivity contribution >= 4 is 40.7 Å². The van der Waals surface area contributed by atoms with Crippen LogP contribution in [0.5, 0.6) is 5.75 Å². The quantitative estimate of drug-likeness (QED) is 0.579. The third-order valence-electron chi connectivity index (χ3n) is 5.43. The molecule has 0 saturated heterocycles. The number of imidazole rings is 1. The molecule has 0 radical (unpaired) electrons. The van der Waals surface area contributed by atoms with Gasteiger partial charge in [-0.3, -0.25) is 9.20 Å². The smallest absolute Gasteiger partial charge is 0.258 e. The Morgan fingerprint density at radius 1 is 1.24 bits per heavy atom. The zero-order valence-corrected chi connectivity index (χ0v) is 16.6. The second-order valence-electron chi connectivity index (χ2n) is 7.69. The second-order valence-corrected chi connectivity index (χ2v) is 8.48. The lowest BCUT2D eigenvalue weighted by atomic mass is 9.44. The summed E-state index contributed by atoms with van der Waals surface area (Å²) in [5, 5.41) is 6.85. The molecule has 10 heteroatoms. The molecule has 150 valence electrons. The number of hydrogen-bond donors (Lipinski definition) is 2. The van der Waals surface area contributed by atoms with E-state index < -0.39 is 5.82 Å². The Labute approximate surface area is 175 Å². The third-order valence-corrected chi connectivity index (χ3v) is 5.93. The number of carbonyl (C=O) groups is 1. The van der Waals surface area contributed by atoms with E-state index in [0.717, 1.165) is 31.0 Å². The lowest BCUT2D eigenvalue weighted by molar-refractivity contribution is -0.135. The van der Waals surface area contributed by atoms with Crippen molar-refractivity contribution in [1.29, 1.82) is 0 Å². The van der Waals surface area contributed by atoms with E-state index in [4.69, 9.17) is 27.9 Å². The van der Waals surface area contributed by atoms with Gasteiger partial charge in [0.05, 0.1) is 5.02 Å². The van der Waals surface area contributed by atoms with Crippen LogP contribution in [0, 0.1) is 5.82 Å². The lowest BCUT2D eigenvalue weighted by Crippen LogP contribution is -2.81. The summed E-state index contributed by atoms with van der Waals surface area (Å²) in [6.45, 7) is -0.186. The topological polar surface area (TPSA) is 80.5 Å². The molecule has 3 aliphatic rings. The van der Waals surface area contributed by atoms with Crippen molar-refractivity contribution in [2.75, 3.05) is 11.9 Å². The van der Waals surface area contributed by atoms with E-state index >= 15 is 0 Å². The minimum Gasteiger partial charge on any atom is -0.484 e. The average molecular weight is 436 g/mol. The maximum Gasteiger partial charge on any atom is 0.258 e. The van der Waals surface area contributed by atoms with Crippen molar-refractivity contribution in [2.24, 2.45) is 0 Å². The molecule has 3 aromatic rings. The van der Waals surface area contributed by atoms with E-state index in [9.17, 15) is 9.18 Å². The summed E-state index contributed by atoms with van der Waals surface area (Å²) in [4.78, 5) is 20.8. The number of anilines is 1. The number of benzene rings is 1. The number of carbonyl (C=O) groups excluding carboxylic acids is 1. The zero-order chi connectivity index (χ0) is 20.2. The van der Waals surface area contributed by atoms with Crippen molar-refractivity contribution in [3.63, 3.8) is 0 Å². The largest absolute Gasteiger partial charge is 0.484 e. The fraction of sp³-hybridized carbons (Fsp3) is 0.316. The van der Waals surface area contributed by atoms with Crippen LogP contribution in [0.25, 0.3) is 5.65 Å². The highest BCUT2D eigenvalue weighted by molar-refractivity contribution is 6.30. The first-order valence-corrected chi connectivity index (χ1v) is 9.78. The maximum atomic E-state index is 13.4. The van der Waals surface area contributed by atoms with Crippen LogP contribution in [0.1, 0.15) is 19.3 Å². The van der Waals surface area contributed by atoms with Crippen LogP contribution >= 0.6 is 23.2 Å². The minimum absolute atomic E-state index is 0.00984. The molecule has 6 rings (SSSR count). The fourth-order valence-electron chi connectivity index (χ4n) is 4.32. The van der Waals surface area contributed by atoms with Crippen molar-refractivity contribution in [2.45, 2.75) is 30.3 Å². The summed E-state index contributed by atoms with van der Waals surface area (Å²) in [6, 6.07) is 5.77. The van der Waals surface area contributed by atoms with Gasteiger partial charge in [-0.25, -0.2) is 14.4 Å². The highest BCUT2D eigenvalue weighted by Gasteiger charge is 2.69.